The third kappa shape index (κ3) is 7.45. The number of carbonyl (C=O) groups is 2. The number of aliphatic imine (C=N–C) groups is 2. The predicted octanol–water partition coefficient (Wildman–Crippen LogP) is 6.17. The molecule has 2 amide bonds. The first kappa shape index (κ1) is 27.8. The van der Waals surface area contributed by atoms with E-state index < -0.39 is 12.2 Å². The van der Waals surface area contributed by atoms with Crippen molar-refractivity contribution >= 4 is 46.0 Å². The van der Waals surface area contributed by atoms with Gasteiger partial charge in [-0.15, -0.1) is 0 Å². The number of amides is 2. The van der Waals surface area contributed by atoms with Crippen LogP contribution in [0, 0.1) is 0 Å². The Morgan fingerprint density at radius 2 is 1.02 bits per heavy atom. The lowest BCUT2D eigenvalue weighted by Crippen LogP contribution is -2.37. The van der Waals surface area contributed by atoms with E-state index in [0.717, 1.165) is 33.8 Å². The van der Waals surface area contributed by atoms with Crippen molar-refractivity contribution in [3.8, 4) is 0 Å². The second kappa shape index (κ2) is 14.0. The van der Waals surface area contributed by atoms with Gasteiger partial charge < -0.3 is 9.47 Å². The van der Waals surface area contributed by atoms with Crippen molar-refractivity contribution in [2.24, 2.45) is 9.98 Å². The van der Waals surface area contributed by atoms with Gasteiger partial charge >= 0.3 is 12.2 Å². The van der Waals surface area contributed by atoms with Crippen LogP contribution in [0.5, 0.6) is 0 Å². The van der Waals surface area contributed by atoms with E-state index in [4.69, 9.17) is 9.47 Å². The Morgan fingerprint density at radius 3 is 1.40 bits per heavy atom. The molecule has 0 aliphatic carbocycles. The molecule has 2 aliphatic heterocycles. The van der Waals surface area contributed by atoms with Gasteiger partial charge in [0.05, 0.1) is 26.2 Å². The summed E-state index contributed by atoms with van der Waals surface area (Å²) in [5.41, 5.74) is 3.60. The molecule has 2 aliphatic rings. The number of hydrogen-bond acceptors (Lipinski definition) is 8. The molecule has 0 spiro atoms. The van der Waals surface area contributed by atoms with E-state index in [1.165, 1.54) is 23.5 Å². The first-order chi connectivity index (χ1) is 19.7. The van der Waals surface area contributed by atoms with E-state index in [1.807, 2.05) is 84.9 Å². The van der Waals surface area contributed by atoms with Gasteiger partial charge in [0, 0.05) is 11.5 Å². The molecule has 3 aromatic rings. The number of thioether (sulfide) groups is 2. The van der Waals surface area contributed by atoms with Gasteiger partial charge in [-0.05, 0) is 22.3 Å². The monoisotopic (exact) mass is 574 g/mol. The van der Waals surface area contributed by atoms with Crippen molar-refractivity contribution in [3.05, 3.63) is 107 Å². The van der Waals surface area contributed by atoms with Gasteiger partial charge in [0.2, 0.25) is 0 Å². The van der Waals surface area contributed by atoms with Crippen LogP contribution in [0.2, 0.25) is 0 Å². The van der Waals surface area contributed by atoms with Crippen LogP contribution < -0.4 is 0 Å². The smallest absolute Gasteiger partial charge is 0.416 e. The van der Waals surface area contributed by atoms with E-state index in [1.54, 1.807) is 9.80 Å². The highest BCUT2D eigenvalue weighted by Crippen LogP contribution is 2.24. The van der Waals surface area contributed by atoms with Crippen LogP contribution in [0.25, 0.3) is 0 Å². The third-order valence-corrected chi connectivity index (χ3v) is 8.22. The van der Waals surface area contributed by atoms with Gasteiger partial charge in [-0.3, -0.25) is 19.8 Å². The number of hydrogen-bond donors (Lipinski definition) is 0. The lowest BCUT2D eigenvalue weighted by molar-refractivity contribution is 0.113. The minimum atomic E-state index is -0.457. The van der Waals surface area contributed by atoms with Gasteiger partial charge in [0.15, 0.2) is 10.3 Å². The number of carbonyl (C=O) groups excluding carboxylic acids is 2. The van der Waals surface area contributed by atoms with Crippen LogP contribution in [-0.2, 0) is 35.8 Å². The van der Waals surface area contributed by atoms with E-state index >= 15 is 0 Å². The SMILES string of the molecule is O=C(OCc1ccccc1)N(Cc1ccccc1CN(C(=O)OCc1ccccc1)C1=NCCS1)C1=NCCS1. The molecule has 10 heteroatoms. The first-order valence-electron chi connectivity index (χ1n) is 13.0. The largest absolute Gasteiger partial charge is 0.444 e. The van der Waals surface area contributed by atoms with E-state index in [2.05, 4.69) is 9.98 Å². The lowest BCUT2D eigenvalue weighted by Gasteiger charge is -2.25. The summed E-state index contributed by atoms with van der Waals surface area (Å²) in [4.78, 5) is 38.8. The molecule has 5 rings (SSSR count). The molecular weight excluding hydrogens is 544 g/mol. The lowest BCUT2D eigenvalue weighted by atomic mass is 10.1. The van der Waals surface area contributed by atoms with Crippen LogP contribution in [0.3, 0.4) is 0 Å². The van der Waals surface area contributed by atoms with Crippen molar-refractivity contribution in [2.75, 3.05) is 24.6 Å². The minimum Gasteiger partial charge on any atom is -0.444 e. The van der Waals surface area contributed by atoms with Crippen LogP contribution >= 0.6 is 23.5 Å². The van der Waals surface area contributed by atoms with Gasteiger partial charge in [-0.25, -0.2) is 9.59 Å². The average Bonchev–Trinajstić information content (AvgIpc) is 3.73. The van der Waals surface area contributed by atoms with E-state index in [9.17, 15) is 9.59 Å². The average molecular weight is 575 g/mol. The molecule has 3 aromatic carbocycles. The number of nitrogens with zero attached hydrogens (tertiary/aromatic N) is 4. The Kier molecular flexibility index (Phi) is 9.76. The van der Waals surface area contributed by atoms with Crippen LogP contribution in [0.1, 0.15) is 22.3 Å². The standard InChI is InChI=1S/C30H30N4O4S2/c35-29(37-21-23-9-3-1-4-10-23)33(27-31-15-17-39-27)19-25-13-7-8-14-26(25)20-34(28-32-16-18-40-28)30(36)38-22-24-11-5-2-6-12-24/h1-14H,15-22H2. The molecule has 2 heterocycles. The minimum absolute atomic E-state index is 0.174. The quantitative estimate of drug-likeness (QED) is 0.320. The Bertz CT molecular complexity index is 1260. The summed E-state index contributed by atoms with van der Waals surface area (Å²) in [6.07, 6.45) is -0.914. The maximum atomic E-state index is 13.3. The topological polar surface area (TPSA) is 83.8 Å². The molecule has 0 aromatic heterocycles. The summed E-state index contributed by atoms with van der Waals surface area (Å²) in [5, 5.41) is 1.28. The summed E-state index contributed by atoms with van der Waals surface area (Å²) in [5.74, 6) is 1.63. The molecule has 0 N–H and O–H groups in total. The summed E-state index contributed by atoms with van der Waals surface area (Å²) in [7, 11) is 0. The summed E-state index contributed by atoms with van der Waals surface area (Å²) >= 11 is 3.07. The molecule has 40 heavy (non-hydrogen) atoms. The highest BCUT2D eigenvalue weighted by Gasteiger charge is 2.28. The van der Waals surface area contributed by atoms with Crippen molar-refractivity contribution < 1.29 is 19.1 Å². The molecule has 8 nitrogen and oxygen atoms in total. The number of rotatable bonds is 8. The third-order valence-electron chi connectivity index (χ3n) is 6.23. The van der Waals surface area contributed by atoms with Crippen molar-refractivity contribution in [1.82, 2.24) is 9.80 Å². The maximum absolute atomic E-state index is 13.3. The molecule has 206 valence electrons. The molecule has 0 fully saturated rings. The van der Waals surface area contributed by atoms with E-state index in [-0.39, 0.29) is 26.3 Å². The predicted molar refractivity (Wildman–Crippen MR) is 160 cm³/mol. The van der Waals surface area contributed by atoms with Crippen molar-refractivity contribution in [2.45, 2.75) is 26.3 Å². The zero-order valence-corrected chi connectivity index (χ0v) is 23.6. The second-order valence-electron chi connectivity index (χ2n) is 9.05. The Labute approximate surface area is 242 Å². The fourth-order valence-electron chi connectivity index (χ4n) is 4.20. The zero-order chi connectivity index (χ0) is 27.6. The molecular formula is C30H30N4O4S2. The van der Waals surface area contributed by atoms with Crippen LogP contribution in [-0.4, -0.2) is 56.9 Å². The summed E-state index contributed by atoms with van der Waals surface area (Å²) < 4.78 is 11.4. The highest BCUT2D eigenvalue weighted by molar-refractivity contribution is 8.14. The normalized spacial score (nSPS) is 14.3. The Balaban J connectivity index is 1.33. The molecule has 0 unspecified atom stereocenters. The maximum Gasteiger partial charge on any atom is 0.416 e. The van der Waals surface area contributed by atoms with Crippen molar-refractivity contribution in [3.63, 3.8) is 0 Å². The fraction of sp³-hybridized carbons (Fsp3) is 0.267. The van der Waals surface area contributed by atoms with Gasteiger partial charge in [-0.1, -0.05) is 108 Å². The van der Waals surface area contributed by atoms with Gasteiger partial charge in [0.1, 0.15) is 13.2 Å². The Hall–Kier alpha value is -3.76. The van der Waals surface area contributed by atoms with Crippen LogP contribution in [0.15, 0.2) is 94.9 Å². The number of benzene rings is 3. The highest BCUT2D eigenvalue weighted by atomic mass is 32.2. The van der Waals surface area contributed by atoms with Crippen molar-refractivity contribution in [1.29, 1.82) is 0 Å². The van der Waals surface area contributed by atoms with Gasteiger partial charge in [0.25, 0.3) is 0 Å². The number of ether oxygens (including phenoxy) is 2. The number of amidine groups is 2. The van der Waals surface area contributed by atoms with Crippen LogP contribution in [0.4, 0.5) is 9.59 Å². The molecule has 0 bridgehead atoms. The van der Waals surface area contributed by atoms with E-state index in [0.29, 0.717) is 23.4 Å². The zero-order valence-electron chi connectivity index (χ0n) is 22.0. The second-order valence-corrected chi connectivity index (χ2v) is 11.2. The first-order valence-corrected chi connectivity index (χ1v) is 15.0. The fourth-order valence-corrected chi connectivity index (χ4v) is 5.88. The Morgan fingerprint density at radius 1 is 0.625 bits per heavy atom. The molecule has 0 radical (unpaired) electrons. The summed E-state index contributed by atoms with van der Waals surface area (Å²) in [6.45, 7) is 2.19. The molecule has 0 saturated heterocycles. The molecule has 0 atom stereocenters. The summed E-state index contributed by atoms with van der Waals surface area (Å²) in [6, 6.07) is 27.0. The van der Waals surface area contributed by atoms with Gasteiger partial charge in [-0.2, -0.15) is 0 Å². The molecule has 0 saturated carbocycles.